The molecule has 132 valence electrons. The van der Waals surface area contributed by atoms with Gasteiger partial charge in [-0.05, 0) is 56.3 Å². The van der Waals surface area contributed by atoms with Crippen molar-refractivity contribution in [3.8, 4) is 5.69 Å². The van der Waals surface area contributed by atoms with Crippen molar-refractivity contribution in [3.63, 3.8) is 0 Å². The maximum absolute atomic E-state index is 12.3. The molecule has 0 atom stereocenters. The van der Waals surface area contributed by atoms with E-state index in [0.29, 0.717) is 17.9 Å². The van der Waals surface area contributed by atoms with Crippen molar-refractivity contribution in [2.75, 3.05) is 11.9 Å². The molecule has 6 nitrogen and oxygen atoms in total. The molecule has 0 aliphatic carbocycles. The minimum absolute atomic E-state index is 0.162. The Labute approximate surface area is 151 Å². The van der Waals surface area contributed by atoms with Gasteiger partial charge in [-0.3, -0.25) is 4.79 Å². The maximum atomic E-state index is 12.3. The van der Waals surface area contributed by atoms with Crippen LogP contribution in [-0.2, 0) is 4.74 Å². The van der Waals surface area contributed by atoms with Crippen LogP contribution in [0.2, 0.25) is 0 Å². The van der Waals surface area contributed by atoms with Crippen molar-refractivity contribution < 1.29 is 14.3 Å². The number of aryl methyl sites for hydroxylation is 1. The molecule has 0 bridgehead atoms. The summed E-state index contributed by atoms with van der Waals surface area (Å²) >= 11 is 0. The lowest BCUT2D eigenvalue weighted by Crippen LogP contribution is -2.12. The maximum Gasteiger partial charge on any atom is 0.358 e. The molecule has 3 aromatic rings. The van der Waals surface area contributed by atoms with Gasteiger partial charge in [0.2, 0.25) is 0 Å². The molecule has 3 rings (SSSR count). The van der Waals surface area contributed by atoms with E-state index < -0.39 is 5.97 Å². The highest BCUT2D eigenvalue weighted by Crippen LogP contribution is 2.15. The first-order chi connectivity index (χ1) is 12.6. The second kappa shape index (κ2) is 7.65. The molecule has 1 aromatic heterocycles. The molecule has 0 unspecified atom stereocenters. The summed E-state index contributed by atoms with van der Waals surface area (Å²) in [5.74, 6) is -0.613. The topological polar surface area (TPSA) is 73.2 Å². The van der Waals surface area contributed by atoms with Crippen molar-refractivity contribution >= 4 is 17.6 Å². The summed E-state index contributed by atoms with van der Waals surface area (Å²) in [5, 5.41) is 7.06. The second-order valence-electron chi connectivity index (χ2n) is 5.74. The minimum atomic E-state index is -0.451. The first-order valence-corrected chi connectivity index (χ1v) is 8.28. The van der Waals surface area contributed by atoms with Crippen LogP contribution in [0.1, 0.15) is 33.3 Å². The zero-order chi connectivity index (χ0) is 18.5. The first kappa shape index (κ1) is 17.4. The number of benzene rings is 2. The van der Waals surface area contributed by atoms with E-state index in [1.54, 1.807) is 42.1 Å². The molecule has 0 fully saturated rings. The van der Waals surface area contributed by atoms with Gasteiger partial charge in [0.05, 0.1) is 12.3 Å². The van der Waals surface area contributed by atoms with Crippen LogP contribution in [0, 0.1) is 6.92 Å². The lowest BCUT2D eigenvalue weighted by molar-refractivity contribution is 0.0519. The average molecular weight is 349 g/mol. The predicted octanol–water partition coefficient (Wildman–Crippen LogP) is 3.61. The largest absolute Gasteiger partial charge is 0.461 e. The molecular formula is C20H19N3O3. The van der Waals surface area contributed by atoms with Crippen LogP contribution >= 0.6 is 0 Å². The highest BCUT2D eigenvalue weighted by atomic mass is 16.5. The SMILES string of the molecule is CCOC(=O)c1ccn(-c2ccc(NC(=O)c3cccc(C)c3)cc2)n1. The summed E-state index contributed by atoms with van der Waals surface area (Å²) in [5.41, 5.74) is 3.35. The summed E-state index contributed by atoms with van der Waals surface area (Å²) in [6, 6.07) is 16.2. The van der Waals surface area contributed by atoms with Crippen LogP contribution < -0.4 is 5.32 Å². The molecule has 0 aliphatic heterocycles. The number of amides is 1. The van der Waals surface area contributed by atoms with Gasteiger partial charge < -0.3 is 10.1 Å². The number of anilines is 1. The summed E-state index contributed by atoms with van der Waals surface area (Å²) < 4.78 is 6.51. The molecule has 0 aliphatic rings. The third kappa shape index (κ3) is 3.97. The lowest BCUT2D eigenvalue weighted by atomic mass is 10.1. The number of ether oxygens (including phenoxy) is 1. The predicted molar refractivity (Wildman–Crippen MR) is 98.7 cm³/mol. The molecule has 2 aromatic carbocycles. The second-order valence-corrected chi connectivity index (χ2v) is 5.74. The van der Waals surface area contributed by atoms with Crippen LogP contribution in [0.3, 0.4) is 0 Å². The van der Waals surface area contributed by atoms with E-state index >= 15 is 0 Å². The van der Waals surface area contributed by atoms with E-state index in [4.69, 9.17) is 4.74 Å². The smallest absolute Gasteiger partial charge is 0.358 e. The third-order valence-corrected chi connectivity index (χ3v) is 3.74. The number of esters is 1. The number of carbonyl (C=O) groups is 2. The molecule has 1 heterocycles. The van der Waals surface area contributed by atoms with Crippen LogP contribution in [0.4, 0.5) is 5.69 Å². The van der Waals surface area contributed by atoms with Gasteiger partial charge in [-0.1, -0.05) is 17.7 Å². The molecule has 1 N–H and O–H groups in total. The van der Waals surface area contributed by atoms with E-state index in [0.717, 1.165) is 11.3 Å². The highest BCUT2D eigenvalue weighted by molar-refractivity contribution is 6.04. The number of carbonyl (C=O) groups excluding carboxylic acids is 2. The van der Waals surface area contributed by atoms with Crippen molar-refractivity contribution in [3.05, 3.63) is 77.6 Å². The Morgan fingerprint density at radius 1 is 1.12 bits per heavy atom. The van der Waals surface area contributed by atoms with E-state index in [-0.39, 0.29) is 11.6 Å². The molecule has 1 amide bonds. The molecule has 0 spiro atoms. The van der Waals surface area contributed by atoms with Gasteiger partial charge in [0.15, 0.2) is 5.69 Å². The van der Waals surface area contributed by atoms with Crippen molar-refractivity contribution in [1.29, 1.82) is 0 Å². The quantitative estimate of drug-likeness (QED) is 0.714. The zero-order valence-electron chi connectivity index (χ0n) is 14.6. The fourth-order valence-corrected chi connectivity index (χ4v) is 2.47. The van der Waals surface area contributed by atoms with Gasteiger partial charge in [-0.15, -0.1) is 0 Å². The monoisotopic (exact) mass is 349 g/mol. The number of aromatic nitrogens is 2. The number of nitrogens with one attached hydrogen (secondary N) is 1. The zero-order valence-corrected chi connectivity index (χ0v) is 14.6. The van der Waals surface area contributed by atoms with Gasteiger partial charge in [0.1, 0.15) is 0 Å². The number of hydrogen-bond acceptors (Lipinski definition) is 4. The van der Waals surface area contributed by atoms with Crippen LogP contribution in [0.25, 0.3) is 5.69 Å². The van der Waals surface area contributed by atoms with E-state index in [2.05, 4.69) is 10.4 Å². The van der Waals surface area contributed by atoms with Crippen molar-refractivity contribution in [2.45, 2.75) is 13.8 Å². The summed E-state index contributed by atoms with van der Waals surface area (Å²) in [6.45, 7) is 4.00. The average Bonchev–Trinajstić information content (AvgIpc) is 3.13. The molecule has 0 saturated carbocycles. The first-order valence-electron chi connectivity index (χ1n) is 8.28. The van der Waals surface area contributed by atoms with Gasteiger partial charge in [0, 0.05) is 17.4 Å². The normalized spacial score (nSPS) is 10.4. The van der Waals surface area contributed by atoms with Crippen LogP contribution in [0.15, 0.2) is 60.8 Å². The number of hydrogen-bond donors (Lipinski definition) is 1. The summed E-state index contributed by atoms with van der Waals surface area (Å²) in [6.07, 6.45) is 1.69. The Hall–Kier alpha value is -3.41. The van der Waals surface area contributed by atoms with E-state index in [9.17, 15) is 9.59 Å². The Morgan fingerprint density at radius 3 is 2.58 bits per heavy atom. The van der Waals surface area contributed by atoms with E-state index in [1.807, 2.05) is 37.3 Å². The summed E-state index contributed by atoms with van der Waals surface area (Å²) in [7, 11) is 0. The van der Waals surface area contributed by atoms with Crippen LogP contribution in [0.5, 0.6) is 0 Å². The van der Waals surface area contributed by atoms with Gasteiger partial charge >= 0.3 is 5.97 Å². The lowest BCUT2D eigenvalue weighted by Gasteiger charge is -2.07. The Morgan fingerprint density at radius 2 is 1.88 bits per heavy atom. The fraction of sp³-hybridized carbons (Fsp3) is 0.150. The van der Waals surface area contributed by atoms with Crippen molar-refractivity contribution in [1.82, 2.24) is 9.78 Å². The van der Waals surface area contributed by atoms with Gasteiger partial charge in [0.25, 0.3) is 5.91 Å². The standard InChI is InChI=1S/C20H19N3O3/c1-3-26-20(25)18-11-12-23(22-18)17-9-7-16(8-10-17)21-19(24)15-6-4-5-14(2)13-15/h4-13H,3H2,1-2H3,(H,21,24). The molecule has 0 radical (unpaired) electrons. The van der Waals surface area contributed by atoms with Crippen LogP contribution in [-0.4, -0.2) is 28.3 Å². The Balaban J connectivity index is 1.70. The van der Waals surface area contributed by atoms with E-state index in [1.165, 1.54) is 0 Å². The molecule has 6 heteroatoms. The highest BCUT2D eigenvalue weighted by Gasteiger charge is 2.11. The molecular weight excluding hydrogens is 330 g/mol. The third-order valence-electron chi connectivity index (χ3n) is 3.74. The number of nitrogens with zero attached hydrogens (tertiary/aromatic N) is 2. The fourth-order valence-electron chi connectivity index (χ4n) is 2.47. The molecule has 0 saturated heterocycles. The minimum Gasteiger partial charge on any atom is -0.461 e. The van der Waals surface area contributed by atoms with Gasteiger partial charge in [-0.2, -0.15) is 5.10 Å². The van der Waals surface area contributed by atoms with Gasteiger partial charge in [-0.25, -0.2) is 9.48 Å². The number of rotatable bonds is 5. The Kier molecular flexibility index (Phi) is 5.12. The summed E-state index contributed by atoms with van der Waals surface area (Å²) in [4.78, 5) is 24.0. The Bertz CT molecular complexity index is 929. The molecule has 26 heavy (non-hydrogen) atoms. The van der Waals surface area contributed by atoms with Crippen molar-refractivity contribution in [2.24, 2.45) is 0 Å².